The molecule has 3 aromatic carbocycles. The molecule has 2 heterocycles. The lowest BCUT2D eigenvalue weighted by molar-refractivity contribution is -0.385. The second-order valence-corrected chi connectivity index (χ2v) is 12.6. The van der Waals surface area contributed by atoms with E-state index in [9.17, 15) is 29.9 Å². The van der Waals surface area contributed by atoms with Crippen molar-refractivity contribution in [3.63, 3.8) is 0 Å². The molecule has 2 fully saturated rings. The van der Waals surface area contributed by atoms with Crippen LogP contribution in [0.15, 0.2) is 84.9 Å². The number of nitrogens with two attached hydrogens (primary N) is 1. The van der Waals surface area contributed by atoms with Gasteiger partial charge in [0, 0.05) is 29.5 Å². The van der Waals surface area contributed by atoms with E-state index in [1.54, 1.807) is 19.9 Å². The number of nitro groups is 1. The van der Waals surface area contributed by atoms with E-state index in [-0.39, 0.29) is 23.9 Å². The third kappa shape index (κ3) is 5.41. The smallest absolute Gasteiger partial charge is 0.313 e. The van der Waals surface area contributed by atoms with E-state index in [0.717, 1.165) is 25.9 Å². The quantitative estimate of drug-likeness (QED) is 0.182. The van der Waals surface area contributed by atoms with Crippen molar-refractivity contribution in [2.24, 2.45) is 16.6 Å². The zero-order chi connectivity index (χ0) is 32.4. The van der Waals surface area contributed by atoms with Crippen LogP contribution in [-0.2, 0) is 15.0 Å². The normalized spacial score (nSPS) is 28.3. The first-order chi connectivity index (χ1) is 21.5. The number of carboxylic acids is 2. The van der Waals surface area contributed by atoms with Crippen molar-refractivity contribution in [1.82, 2.24) is 10.2 Å². The number of carbonyl (C=O) groups is 2. The molecule has 238 valence electrons. The largest absolute Gasteiger partial charge is 0.481 e. The van der Waals surface area contributed by atoms with E-state index in [1.807, 2.05) is 12.1 Å². The minimum absolute atomic E-state index is 0.0337. The predicted octanol–water partition coefficient (Wildman–Crippen LogP) is 4.98. The summed E-state index contributed by atoms with van der Waals surface area (Å²) in [5, 5.41) is 36.6. The maximum absolute atomic E-state index is 13.5. The molecule has 0 bridgehead atoms. The summed E-state index contributed by atoms with van der Waals surface area (Å²) in [6, 6.07) is 25.9. The second-order valence-electron chi connectivity index (χ2n) is 12.6. The van der Waals surface area contributed by atoms with Crippen LogP contribution >= 0.6 is 0 Å². The lowest BCUT2D eigenvalue weighted by atomic mass is 9.51. The third-order valence-corrected chi connectivity index (χ3v) is 10.8. The average Bonchev–Trinajstić information content (AvgIpc) is 3.05. The maximum Gasteiger partial charge on any atom is 0.313 e. The van der Waals surface area contributed by atoms with Gasteiger partial charge in [-0.2, -0.15) is 0 Å². The van der Waals surface area contributed by atoms with Gasteiger partial charge in [0.2, 0.25) is 0 Å². The van der Waals surface area contributed by atoms with Crippen molar-refractivity contribution >= 4 is 17.6 Å². The van der Waals surface area contributed by atoms with Gasteiger partial charge in [-0.05, 0) is 68.9 Å². The molecule has 0 aromatic heterocycles. The summed E-state index contributed by atoms with van der Waals surface area (Å²) in [6.07, 6.45) is 0.768. The highest BCUT2D eigenvalue weighted by molar-refractivity contribution is 5.84. The Hall–Kier alpha value is -4.12. The zero-order valence-electron chi connectivity index (χ0n) is 25.8. The van der Waals surface area contributed by atoms with Crippen LogP contribution in [0.1, 0.15) is 62.1 Å². The summed E-state index contributed by atoms with van der Waals surface area (Å²) in [7, 11) is 0. The summed E-state index contributed by atoms with van der Waals surface area (Å²) in [5.41, 5.74) is 5.56. The molecule has 0 radical (unpaired) electrons. The summed E-state index contributed by atoms with van der Waals surface area (Å²) in [6.45, 7) is 5.27. The molecule has 0 amide bonds. The van der Waals surface area contributed by atoms with E-state index in [2.05, 4.69) is 58.7 Å². The van der Waals surface area contributed by atoms with Crippen molar-refractivity contribution in [1.29, 1.82) is 0 Å². The van der Waals surface area contributed by atoms with E-state index in [1.165, 1.54) is 29.3 Å². The van der Waals surface area contributed by atoms with Crippen molar-refractivity contribution in [3.8, 4) is 0 Å². The lowest BCUT2D eigenvalue weighted by Crippen LogP contribution is -2.73. The van der Waals surface area contributed by atoms with E-state index < -0.39 is 45.8 Å². The molecule has 10 heteroatoms. The molecule has 5 rings (SSSR count). The summed E-state index contributed by atoms with van der Waals surface area (Å²) in [5.74, 6) is -3.51. The fourth-order valence-electron chi connectivity index (χ4n) is 8.24. The highest BCUT2D eigenvalue weighted by atomic mass is 16.6. The van der Waals surface area contributed by atoms with Gasteiger partial charge in [-0.25, -0.2) is 0 Å². The molecule has 5 N–H and O–H groups in total. The molecule has 4 unspecified atom stereocenters. The fraction of sp³-hybridized carbons (Fsp3) is 0.429. The fourth-order valence-corrected chi connectivity index (χ4v) is 8.24. The number of benzene rings is 3. The van der Waals surface area contributed by atoms with Crippen LogP contribution in [0.5, 0.6) is 0 Å². The highest BCUT2D eigenvalue weighted by Gasteiger charge is 2.66. The third-order valence-electron chi connectivity index (χ3n) is 10.8. The van der Waals surface area contributed by atoms with Crippen molar-refractivity contribution in [2.75, 3.05) is 19.6 Å². The minimum Gasteiger partial charge on any atom is -0.481 e. The van der Waals surface area contributed by atoms with Gasteiger partial charge in [0.25, 0.3) is 5.69 Å². The number of carboxylic acid groups (broad SMARTS) is 2. The van der Waals surface area contributed by atoms with Crippen LogP contribution in [-0.4, -0.2) is 63.8 Å². The summed E-state index contributed by atoms with van der Waals surface area (Å²) >= 11 is 0. The van der Waals surface area contributed by atoms with Crippen LogP contribution in [0, 0.1) is 20.9 Å². The number of non-ortho nitro benzene ring substituents is 1. The number of nitrogens with one attached hydrogen (secondary N) is 1. The first-order valence-corrected chi connectivity index (χ1v) is 15.6. The molecule has 45 heavy (non-hydrogen) atoms. The van der Waals surface area contributed by atoms with Crippen molar-refractivity contribution < 1.29 is 24.7 Å². The molecule has 0 spiro atoms. The Bertz CT molecular complexity index is 1490. The van der Waals surface area contributed by atoms with Crippen LogP contribution in [0.2, 0.25) is 0 Å². The molecule has 5 atom stereocenters. The number of likely N-dealkylation sites (tertiary alicyclic amines) is 1. The molecule has 0 saturated carbocycles. The summed E-state index contributed by atoms with van der Waals surface area (Å²) < 4.78 is 0. The van der Waals surface area contributed by atoms with E-state index in [0.29, 0.717) is 12.1 Å². The Morgan fingerprint density at radius 2 is 1.49 bits per heavy atom. The number of hydrogen-bond donors (Lipinski definition) is 4. The Labute approximate surface area is 263 Å². The standard InChI is InChI=1S/C35H42N4O6/c1-3-34(31(40)41)29(25-11-10-16-28(23-25)39(44)45)35(32(42)43,24(2)37-30(34)36)19-22-38-20-17-33(18-21-38,26-12-6-4-7-13-26)27-14-8-5-9-15-27/h4-16,23-24,29-30,37H,3,17-22,36H2,1-2H3,(H,40,41)(H,42,43)/t24?,29-,30?,34?,35?/m0/s1. The molecule has 10 nitrogen and oxygen atoms in total. The van der Waals surface area contributed by atoms with Crippen LogP contribution in [0.4, 0.5) is 5.69 Å². The number of nitro benzene ring substituents is 1. The molecular weight excluding hydrogens is 572 g/mol. The second kappa shape index (κ2) is 12.7. The van der Waals surface area contributed by atoms with E-state index in [4.69, 9.17) is 5.73 Å². The first kappa shape index (κ1) is 32.3. The van der Waals surface area contributed by atoms with Gasteiger partial charge >= 0.3 is 11.9 Å². The van der Waals surface area contributed by atoms with Gasteiger partial charge in [-0.15, -0.1) is 0 Å². The average molecular weight is 615 g/mol. The van der Waals surface area contributed by atoms with Gasteiger partial charge in [0.1, 0.15) is 5.41 Å². The predicted molar refractivity (Wildman–Crippen MR) is 171 cm³/mol. The van der Waals surface area contributed by atoms with E-state index >= 15 is 0 Å². The van der Waals surface area contributed by atoms with Crippen molar-refractivity contribution in [3.05, 3.63) is 112 Å². The number of aliphatic carboxylic acids is 2. The summed E-state index contributed by atoms with van der Waals surface area (Å²) in [4.78, 5) is 40.1. The van der Waals surface area contributed by atoms with Crippen molar-refractivity contribution in [2.45, 2.75) is 63.1 Å². The lowest BCUT2D eigenvalue weighted by Gasteiger charge is -2.57. The highest BCUT2D eigenvalue weighted by Crippen LogP contribution is 2.58. The van der Waals surface area contributed by atoms with Gasteiger partial charge in [0.15, 0.2) is 0 Å². The number of nitrogens with zero attached hydrogens (tertiary/aromatic N) is 2. The minimum atomic E-state index is -1.72. The number of piperidine rings is 2. The molecule has 0 aliphatic carbocycles. The molecular formula is C35H42N4O6. The first-order valence-electron chi connectivity index (χ1n) is 15.6. The van der Waals surface area contributed by atoms with Gasteiger partial charge in [0.05, 0.1) is 16.5 Å². The van der Waals surface area contributed by atoms with Gasteiger partial charge in [-0.1, -0.05) is 79.7 Å². The molecule has 2 aliphatic heterocycles. The van der Waals surface area contributed by atoms with Gasteiger partial charge < -0.3 is 20.8 Å². The zero-order valence-corrected chi connectivity index (χ0v) is 25.8. The maximum atomic E-state index is 13.5. The molecule has 2 saturated heterocycles. The number of rotatable bonds is 10. The Balaban J connectivity index is 1.51. The molecule has 2 aliphatic rings. The topological polar surface area (TPSA) is 159 Å². The van der Waals surface area contributed by atoms with Crippen LogP contribution < -0.4 is 11.1 Å². The van der Waals surface area contributed by atoms with Gasteiger partial charge in [-0.3, -0.25) is 25.0 Å². The number of hydrogen-bond acceptors (Lipinski definition) is 7. The Kier molecular flexibility index (Phi) is 9.11. The Morgan fingerprint density at radius 1 is 0.933 bits per heavy atom. The monoisotopic (exact) mass is 614 g/mol. The molecule has 3 aromatic rings. The Morgan fingerprint density at radius 3 is 1.98 bits per heavy atom. The SMILES string of the molecule is CCC1(C(=O)O)C(N)NC(C)C(CCN2CCC(c3ccccc3)(c3ccccc3)CC2)(C(=O)O)[C@H]1c1cccc([N+](=O)[O-])c1. The van der Waals surface area contributed by atoms with Crippen LogP contribution in [0.25, 0.3) is 0 Å². The van der Waals surface area contributed by atoms with Crippen LogP contribution in [0.3, 0.4) is 0 Å².